The monoisotopic (exact) mass is 311 g/mol. The van der Waals surface area contributed by atoms with Crippen LogP contribution in [-0.2, 0) is 19.5 Å². The lowest BCUT2D eigenvalue weighted by Gasteiger charge is -2.12. The molecule has 3 nitrogen and oxygen atoms in total. The van der Waals surface area contributed by atoms with Crippen LogP contribution in [-0.4, -0.2) is 9.78 Å². The summed E-state index contributed by atoms with van der Waals surface area (Å²) < 4.78 is 1.94. The van der Waals surface area contributed by atoms with Gasteiger partial charge < -0.3 is 5.32 Å². The van der Waals surface area contributed by atoms with E-state index < -0.39 is 0 Å². The van der Waals surface area contributed by atoms with Crippen LogP contribution >= 0.6 is 23.2 Å². The highest BCUT2D eigenvalue weighted by Crippen LogP contribution is 2.27. The maximum atomic E-state index is 6.40. The van der Waals surface area contributed by atoms with Crippen LogP contribution in [0, 0.1) is 6.92 Å². The van der Waals surface area contributed by atoms with Crippen molar-refractivity contribution >= 4 is 28.9 Å². The lowest BCUT2D eigenvalue weighted by atomic mass is 10.2. The van der Waals surface area contributed by atoms with E-state index in [0.29, 0.717) is 6.54 Å². The van der Waals surface area contributed by atoms with Gasteiger partial charge in [0.15, 0.2) is 0 Å². The van der Waals surface area contributed by atoms with Crippen molar-refractivity contribution in [1.29, 1.82) is 0 Å². The van der Waals surface area contributed by atoms with Crippen LogP contribution in [0.3, 0.4) is 0 Å². The molecule has 2 rings (SSSR count). The molecule has 0 aliphatic carbocycles. The standard InChI is InChI=1S/C15H19Cl2N3/c1-4-12-14(17)13(20(5-2)19-12)9-18-15-10(3)7-6-8-11(15)16/h6-8,18H,4-5,9H2,1-3H3. The maximum absolute atomic E-state index is 6.40. The minimum atomic E-state index is 0.615. The van der Waals surface area contributed by atoms with Crippen molar-refractivity contribution in [1.82, 2.24) is 9.78 Å². The van der Waals surface area contributed by atoms with Gasteiger partial charge in [-0.05, 0) is 31.9 Å². The van der Waals surface area contributed by atoms with E-state index in [9.17, 15) is 0 Å². The first-order valence-electron chi connectivity index (χ1n) is 6.81. The fourth-order valence-corrected chi connectivity index (χ4v) is 2.84. The summed E-state index contributed by atoms with van der Waals surface area (Å²) in [5.41, 5.74) is 4.02. The molecule has 1 heterocycles. The summed E-state index contributed by atoms with van der Waals surface area (Å²) >= 11 is 12.6. The van der Waals surface area contributed by atoms with Crippen molar-refractivity contribution in [3.8, 4) is 0 Å². The molecule has 1 aromatic heterocycles. The van der Waals surface area contributed by atoms with Gasteiger partial charge in [0.1, 0.15) is 0 Å². The summed E-state index contributed by atoms with van der Waals surface area (Å²) in [4.78, 5) is 0. The number of anilines is 1. The summed E-state index contributed by atoms with van der Waals surface area (Å²) in [5, 5.41) is 9.37. The largest absolute Gasteiger partial charge is 0.378 e. The lowest BCUT2D eigenvalue weighted by Crippen LogP contribution is -2.09. The Hall–Kier alpha value is -1.19. The third-order valence-electron chi connectivity index (χ3n) is 3.35. The Balaban J connectivity index is 2.25. The predicted molar refractivity (Wildman–Crippen MR) is 85.8 cm³/mol. The first kappa shape index (κ1) is 15.2. The molecule has 0 spiro atoms. The highest BCUT2D eigenvalue weighted by Gasteiger charge is 2.14. The molecule has 0 saturated carbocycles. The number of nitrogens with one attached hydrogen (secondary N) is 1. The number of aromatic nitrogens is 2. The Kier molecular flexibility index (Phi) is 4.95. The molecule has 0 unspecified atom stereocenters. The Labute approximate surface area is 129 Å². The van der Waals surface area contributed by atoms with Crippen molar-refractivity contribution in [2.45, 2.75) is 40.3 Å². The predicted octanol–water partition coefficient (Wildman–Crippen LogP) is 4.69. The molecule has 5 heteroatoms. The van der Waals surface area contributed by atoms with Crippen LogP contribution in [0.25, 0.3) is 0 Å². The zero-order valence-corrected chi connectivity index (χ0v) is 13.5. The number of aryl methyl sites for hydroxylation is 3. The number of hydrogen-bond donors (Lipinski definition) is 1. The summed E-state index contributed by atoms with van der Waals surface area (Å²) in [7, 11) is 0. The smallest absolute Gasteiger partial charge is 0.0868 e. The molecule has 0 aliphatic rings. The summed E-state index contributed by atoms with van der Waals surface area (Å²) in [5.74, 6) is 0. The lowest BCUT2D eigenvalue weighted by molar-refractivity contribution is 0.619. The molecular formula is C15H19Cl2N3. The van der Waals surface area contributed by atoms with E-state index in [2.05, 4.69) is 24.3 Å². The quantitative estimate of drug-likeness (QED) is 0.868. The Morgan fingerprint density at radius 2 is 2.00 bits per heavy atom. The second-order valence-corrected chi connectivity index (χ2v) is 5.45. The van der Waals surface area contributed by atoms with Gasteiger partial charge >= 0.3 is 0 Å². The molecule has 0 fully saturated rings. The molecule has 0 amide bonds. The van der Waals surface area contributed by atoms with Crippen molar-refractivity contribution in [3.05, 3.63) is 45.2 Å². The van der Waals surface area contributed by atoms with Crippen LogP contribution in [0.1, 0.15) is 30.8 Å². The first-order valence-corrected chi connectivity index (χ1v) is 7.57. The molecule has 20 heavy (non-hydrogen) atoms. The third kappa shape index (κ3) is 2.94. The van der Waals surface area contributed by atoms with Crippen molar-refractivity contribution in [2.24, 2.45) is 0 Å². The van der Waals surface area contributed by atoms with E-state index in [4.69, 9.17) is 23.2 Å². The van der Waals surface area contributed by atoms with E-state index in [-0.39, 0.29) is 0 Å². The summed E-state index contributed by atoms with van der Waals surface area (Å²) in [6.07, 6.45) is 0.837. The average molecular weight is 312 g/mol. The van der Waals surface area contributed by atoms with Crippen LogP contribution < -0.4 is 5.32 Å². The van der Waals surface area contributed by atoms with Crippen LogP contribution in [0.5, 0.6) is 0 Å². The van der Waals surface area contributed by atoms with Crippen LogP contribution in [0.2, 0.25) is 10.0 Å². The normalized spacial score (nSPS) is 10.8. The molecule has 0 bridgehead atoms. The molecule has 1 aromatic carbocycles. The second kappa shape index (κ2) is 6.51. The number of rotatable bonds is 5. The van der Waals surface area contributed by atoms with Crippen LogP contribution in [0.15, 0.2) is 18.2 Å². The summed E-state index contributed by atoms with van der Waals surface area (Å²) in [6, 6.07) is 5.86. The first-order chi connectivity index (χ1) is 9.58. The Morgan fingerprint density at radius 1 is 1.25 bits per heavy atom. The molecular weight excluding hydrogens is 293 g/mol. The molecule has 0 atom stereocenters. The zero-order valence-electron chi connectivity index (χ0n) is 12.0. The minimum absolute atomic E-state index is 0.615. The molecule has 2 aromatic rings. The van der Waals surface area contributed by atoms with Crippen molar-refractivity contribution in [2.75, 3.05) is 5.32 Å². The number of nitrogens with zero attached hydrogens (tertiary/aromatic N) is 2. The van der Waals surface area contributed by atoms with Gasteiger partial charge in [-0.25, -0.2) is 0 Å². The molecule has 1 N–H and O–H groups in total. The average Bonchev–Trinajstić information content (AvgIpc) is 2.74. The van der Waals surface area contributed by atoms with Gasteiger partial charge in [-0.3, -0.25) is 4.68 Å². The van der Waals surface area contributed by atoms with Gasteiger partial charge in [0.25, 0.3) is 0 Å². The van der Waals surface area contributed by atoms with E-state index in [1.54, 1.807) is 0 Å². The Bertz CT molecular complexity index is 585. The number of benzene rings is 1. The van der Waals surface area contributed by atoms with Crippen molar-refractivity contribution in [3.63, 3.8) is 0 Å². The van der Waals surface area contributed by atoms with Crippen LogP contribution in [0.4, 0.5) is 5.69 Å². The fraction of sp³-hybridized carbons (Fsp3) is 0.400. The van der Waals surface area contributed by atoms with E-state index in [1.165, 1.54) is 0 Å². The maximum Gasteiger partial charge on any atom is 0.0868 e. The van der Waals surface area contributed by atoms with E-state index in [1.807, 2.05) is 29.8 Å². The minimum Gasteiger partial charge on any atom is -0.378 e. The van der Waals surface area contributed by atoms with Gasteiger partial charge in [-0.2, -0.15) is 5.10 Å². The molecule has 0 aliphatic heterocycles. The second-order valence-electron chi connectivity index (χ2n) is 4.66. The van der Waals surface area contributed by atoms with E-state index in [0.717, 1.165) is 45.6 Å². The number of hydrogen-bond acceptors (Lipinski definition) is 2. The number of para-hydroxylation sites is 1. The Morgan fingerprint density at radius 3 is 2.60 bits per heavy atom. The van der Waals surface area contributed by atoms with Gasteiger partial charge in [0.2, 0.25) is 0 Å². The zero-order chi connectivity index (χ0) is 14.7. The van der Waals surface area contributed by atoms with Gasteiger partial charge in [0, 0.05) is 6.54 Å². The highest BCUT2D eigenvalue weighted by atomic mass is 35.5. The SMILES string of the molecule is CCc1nn(CC)c(CNc2c(C)cccc2Cl)c1Cl. The topological polar surface area (TPSA) is 29.9 Å². The molecule has 108 valence electrons. The molecule has 0 saturated heterocycles. The number of halogens is 2. The third-order valence-corrected chi connectivity index (χ3v) is 4.10. The van der Waals surface area contributed by atoms with E-state index >= 15 is 0 Å². The van der Waals surface area contributed by atoms with Gasteiger partial charge in [0.05, 0.1) is 33.7 Å². The van der Waals surface area contributed by atoms with Gasteiger partial charge in [-0.15, -0.1) is 0 Å². The highest BCUT2D eigenvalue weighted by molar-refractivity contribution is 6.33. The van der Waals surface area contributed by atoms with Crippen molar-refractivity contribution < 1.29 is 0 Å². The molecule has 0 radical (unpaired) electrons. The summed E-state index contributed by atoms with van der Waals surface area (Å²) in [6.45, 7) is 7.57. The van der Waals surface area contributed by atoms with Gasteiger partial charge in [-0.1, -0.05) is 42.3 Å². The fourth-order valence-electron chi connectivity index (χ4n) is 2.21.